The second-order valence-electron chi connectivity index (χ2n) is 5.65. The molecule has 3 rings (SSSR count). The van der Waals surface area contributed by atoms with E-state index < -0.39 is 21.8 Å². The monoisotopic (exact) mass is 469 g/mol. The van der Waals surface area contributed by atoms with Gasteiger partial charge in [0.2, 0.25) is 0 Å². The Kier molecular flexibility index (Phi) is 6.43. The number of hydrogen-bond acceptors (Lipinski definition) is 5. The number of hydrazine groups is 1. The number of benzene rings is 2. The van der Waals surface area contributed by atoms with E-state index in [1.807, 2.05) is 0 Å². The van der Waals surface area contributed by atoms with Gasteiger partial charge in [0.1, 0.15) is 4.21 Å². The lowest BCUT2D eigenvalue weighted by atomic mass is 10.2. The third-order valence-corrected chi connectivity index (χ3v) is 6.79. The maximum atomic E-state index is 12.5. The predicted octanol–water partition coefficient (Wildman–Crippen LogP) is 3.93. The molecule has 150 valence electrons. The summed E-state index contributed by atoms with van der Waals surface area (Å²) in [5.74, 6) is -1.35. The van der Waals surface area contributed by atoms with E-state index in [1.165, 1.54) is 36.4 Å². The van der Waals surface area contributed by atoms with E-state index in [2.05, 4.69) is 15.6 Å². The van der Waals surface area contributed by atoms with Crippen LogP contribution < -0.4 is 15.6 Å². The van der Waals surface area contributed by atoms with E-state index in [0.29, 0.717) is 0 Å². The number of carbonyl (C=O) groups is 2. The van der Waals surface area contributed by atoms with Gasteiger partial charge in [0.15, 0.2) is 0 Å². The minimum Gasteiger partial charge on any atom is -0.278 e. The van der Waals surface area contributed by atoms with E-state index in [4.69, 9.17) is 23.2 Å². The lowest BCUT2D eigenvalue weighted by Gasteiger charge is -2.12. The summed E-state index contributed by atoms with van der Waals surface area (Å²) in [6.45, 7) is 0. The molecular weight excluding hydrogens is 457 g/mol. The van der Waals surface area contributed by atoms with E-state index in [-0.39, 0.29) is 31.1 Å². The molecular formula is C18H13Cl2N3O4S2. The van der Waals surface area contributed by atoms with Crippen LogP contribution in [0.15, 0.2) is 64.2 Å². The van der Waals surface area contributed by atoms with Crippen molar-refractivity contribution in [3.63, 3.8) is 0 Å². The molecule has 2 aromatic carbocycles. The highest BCUT2D eigenvalue weighted by Crippen LogP contribution is 2.23. The number of rotatable bonds is 5. The highest BCUT2D eigenvalue weighted by Gasteiger charge is 2.20. The maximum Gasteiger partial charge on any atom is 0.271 e. The summed E-state index contributed by atoms with van der Waals surface area (Å²) in [7, 11) is -3.84. The van der Waals surface area contributed by atoms with Gasteiger partial charge >= 0.3 is 0 Å². The number of para-hydroxylation sites is 1. The largest absolute Gasteiger partial charge is 0.278 e. The average molecular weight is 470 g/mol. The summed E-state index contributed by atoms with van der Waals surface area (Å²) in [5.41, 5.74) is 4.72. The number of sulfonamides is 1. The molecule has 0 atom stereocenters. The van der Waals surface area contributed by atoms with Crippen LogP contribution in [0.2, 0.25) is 10.0 Å². The molecule has 0 aliphatic rings. The summed E-state index contributed by atoms with van der Waals surface area (Å²) in [6.07, 6.45) is 0. The van der Waals surface area contributed by atoms with E-state index in [1.54, 1.807) is 23.6 Å². The predicted molar refractivity (Wildman–Crippen MR) is 113 cm³/mol. The SMILES string of the molecule is O=C(NNC(=O)c1ccccc1NS(=O)(=O)c1cccs1)c1cc(Cl)cc(Cl)c1. The summed E-state index contributed by atoms with van der Waals surface area (Å²) in [6, 6.07) is 13.3. The number of amides is 2. The van der Waals surface area contributed by atoms with Crippen molar-refractivity contribution in [2.75, 3.05) is 4.72 Å². The van der Waals surface area contributed by atoms with Crippen molar-refractivity contribution < 1.29 is 18.0 Å². The van der Waals surface area contributed by atoms with Gasteiger partial charge in [-0.15, -0.1) is 11.3 Å². The lowest BCUT2D eigenvalue weighted by molar-refractivity contribution is 0.0847. The first kappa shape index (κ1) is 21.1. The highest BCUT2D eigenvalue weighted by atomic mass is 35.5. The molecule has 0 radical (unpaired) electrons. The Morgan fingerprint density at radius 1 is 0.862 bits per heavy atom. The van der Waals surface area contributed by atoms with Crippen LogP contribution >= 0.6 is 34.5 Å². The summed E-state index contributed by atoms with van der Waals surface area (Å²) in [4.78, 5) is 24.7. The number of halogens is 2. The third-order valence-electron chi connectivity index (χ3n) is 3.59. The molecule has 0 saturated heterocycles. The number of anilines is 1. The van der Waals surface area contributed by atoms with Crippen molar-refractivity contribution in [3.05, 3.63) is 81.1 Å². The van der Waals surface area contributed by atoms with Gasteiger partial charge in [0.25, 0.3) is 21.8 Å². The standard InChI is InChI=1S/C18H13Cl2N3O4S2/c19-12-8-11(9-13(20)10-12)17(24)21-22-18(25)14-4-1-2-5-15(14)23-29(26,27)16-6-3-7-28-16/h1-10,23H,(H,21,24)(H,22,25). The third kappa shape index (κ3) is 5.27. The van der Waals surface area contributed by atoms with Crippen molar-refractivity contribution in [2.24, 2.45) is 0 Å². The van der Waals surface area contributed by atoms with Crippen LogP contribution in [0, 0.1) is 0 Å². The second-order valence-corrected chi connectivity index (χ2v) is 9.38. The Balaban J connectivity index is 1.74. The van der Waals surface area contributed by atoms with Crippen molar-refractivity contribution >= 4 is 62.1 Å². The fourth-order valence-corrected chi connectivity index (χ4v) is 4.92. The Hall–Kier alpha value is -2.59. The number of nitrogens with one attached hydrogen (secondary N) is 3. The molecule has 0 aliphatic carbocycles. The minimum atomic E-state index is -3.84. The molecule has 0 unspecified atom stereocenters. The highest BCUT2D eigenvalue weighted by molar-refractivity contribution is 7.94. The Morgan fingerprint density at radius 2 is 1.52 bits per heavy atom. The van der Waals surface area contributed by atoms with E-state index >= 15 is 0 Å². The molecule has 1 aromatic heterocycles. The Bertz CT molecular complexity index is 1150. The summed E-state index contributed by atoms with van der Waals surface area (Å²) < 4.78 is 27.3. The van der Waals surface area contributed by atoms with Crippen LogP contribution in [0.25, 0.3) is 0 Å². The van der Waals surface area contributed by atoms with E-state index in [0.717, 1.165) is 11.3 Å². The topological polar surface area (TPSA) is 104 Å². The van der Waals surface area contributed by atoms with Gasteiger partial charge in [-0.25, -0.2) is 8.42 Å². The van der Waals surface area contributed by atoms with Gasteiger partial charge < -0.3 is 0 Å². The van der Waals surface area contributed by atoms with Gasteiger partial charge in [0, 0.05) is 15.6 Å². The molecule has 7 nitrogen and oxygen atoms in total. The van der Waals surface area contributed by atoms with Crippen LogP contribution in [0.1, 0.15) is 20.7 Å². The normalized spacial score (nSPS) is 11.0. The van der Waals surface area contributed by atoms with Crippen molar-refractivity contribution in [2.45, 2.75) is 4.21 Å². The molecule has 0 bridgehead atoms. The first-order valence-corrected chi connectivity index (χ1v) is 11.1. The Labute approximate surface area is 180 Å². The maximum absolute atomic E-state index is 12.5. The zero-order chi connectivity index (χ0) is 21.0. The molecule has 11 heteroatoms. The molecule has 0 fully saturated rings. The number of thiophene rings is 1. The van der Waals surface area contributed by atoms with Gasteiger partial charge in [-0.2, -0.15) is 0 Å². The zero-order valence-corrected chi connectivity index (χ0v) is 17.6. The Morgan fingerprint density at radius 3 is 2.17 bits per heavy atom. The quantitative estimate of drug-likeness (QED) is 0.492. The lowest BCUT2D eigenvalue weighted by Crippen LogP contribution is -2.41. The zero-order valence-electron chi connectivity index (χ0n) is 14.5. The van der Waals surface area contributed by atoms with Crippen molar-refractivity contribution in [3.8, 4) is 0 Å². The number of carbonyl (C=O) groups excluding carboxylic acids is 2. The number of hydrogen-bond donors (Lipinski definition) is 3. The fraction of sp³-hybridized carbons (Fsp3) is 0. The first-order valence-electron chi connectivity index (χ1n) is 7.98. The smallest absolute Gasteiger partial charge is 0.271 e. The van der Waals surface area contributed by atoms with Gasteiger partial charge in [-0.3, -0.25) is 25.2 Å². The molecule has 0 aliphatic heterocycles. The van der Waals surface area contributed by atoms with Crippen LogP contribution in [-0.4, -0.2) is 20.2 Å². The molecule has 3 aromatic rings. The molecule has 2 amide bonds. The average Bonchev–Trinajstić information content (AvgIpc) is 3.21. The molecule has 29 heavy (non-hydrogen) atoms. The van der Waals surface area contributed by atoms with Crippen LogP contribution in [-0.2, 0) is 10.0 Å². The van der Waals surface area contributed by atoms with Gasteiger partial charge in [0.05, 0.1) is 11.3 Å². The van der Waals surface area contributed by atoms with Crippen LogP contribution in [0.3, 0.4) is 0 Å². The van der Waals surface area contributed by atoms with Gasteiger partial charge in [-0.1, -0.05) is 41.4 Å². The van der Waals surface area contributed by atoms with Crippen molar-refractivity contribution in [1.29, 1.82) is 0 Å². The minimum absolute atomic E-state index is 0.0251. The van der Waals surface area contributed by atoms with Crippen LogP contribution in [0.5, 0.6) is 0 Å². The second kappa shape index (κ2) is 8.83. The molecule has 0 spiro atoms. The van der Waals surface area contributed by atoms with Crippen molar-refractivity contribution in [1.82, 2.24) is 10.9 Å². The molecule has 3 N–H and O–H groups in total. The molecule has 0 saturated carbocycles. The van der Waals surface area contributed by atoms with E-state index in [9.17, 15) is 18.0 Å². The van der Waals surface area contributed by atoms with Gasteiger partial charge in [-0.05, 0) is 41.8 Å². The van der Waals surface area contributed by atoms with Crippen LogP contribution in [0.4, 0.5) is 5.69 Å². The summed E-state index contributed by atoms with van der Waals surface area (Å²) in [5, 5.41) is 2.16. The molecule has 1 heterocycles. The fourth-order valence-electron chi connectivity index (χ4n) is 2.32. The first-order chi connectivity index (χ1) is 13.8. The summed E-state index contributed by atoms with van der Waals surface area (Å²) >= 11 is 12.8.